The van der Waals surface area contributed by atoms with E-state index in [1.54, 1.807) is 29.0 Å². The normalized spacial score (nSPS) is 15.2. The molecule has 128 valence electrons. The summed E-state index contributed by atoms with van der Waals surface area (Å²) >= 11 is 3.34. The molecular formula is C20H15N3OS2. The van der Waals surface area contributed by atoms with Crippen molar-refractivity contribution in [3.8, 4) is 16.5 Å². The van der Waals surface area contributed by atoms with Crippen LogP contribution < -0.4 is 0 Å². The van der Waals surface area contributed by atoms with Crippen molar-refractivity contribution in [1.82, 2.24) is 9.38 Å². The highest BCUT2D eigenvalue weighted by Gasteiger charge is 2.33. The number of aromatic nitrogens is 2. The zero-order valence-electron chi connectivity index (χ0n) is 13.8. The molecular weight excluding hydrogens is 362 g/mol. The summed E-state index contributed by atoms with van der Waals surface area (Å²) in [5, 5.41) is 20.1. The number of imidazole rings is 1. The monoisotopic (exact) mass is 377 g/mol. The molecule has 1 aliphatic rings. The van der Waals surface area contributed by atoms with Crippen LogP contribution in [0.25, 0.3) is 15.3 Å². The van der Waals surface area contributed by atoms with Crippen LogP contribution in [-0.2, 0) is 0 Å². The number of aliphatic hydroxyl groups is 1. The van der Waals surface area contributed by atoms with E-state index in [2.05, 4.69) is 11.1 Å². The van der Waals surface area contributed by atoms with Gasteiger partial charge in [0.05, 0.1) is 23.5 Å². The molecule has 0 bridgehead atoms. The molecule has 0 saturated heterocycles. The van der Waals surface area contributed by atoms with Gasteiger partial charge in [-0.25, -0.2) is 4.98 Å². The first-order valence-corrected chi connectivity index (χ1v) is 10.1. The zero-order valence-corrected chi connectivity index (χ0v) is 15.4. The predicted octanol–water partition coefficient (Wildman–Crippen LogP) is 4.96. The lowest BCUT2D eigenvalue weighted by Gasteiger charge is -2.10. The topological polar surface area (TPSA) is 61.3 Å². The highest BCUT2D eigenvalue weighted by atomic mass is 32.1. The second-order valence-electron chi connectivity index (χ2n) is 6.52. The molecule has 6 heteroatoms. The van der Waals surface area contributed by atoms with E-state index in [0.717, 1.165) is 25.8 Å². The summed E-state index contributed by atoms with van der Waals surface area (Å²) in [4.78, 5) is 8.63. The van der Waals surface area contributed by atoms with Gasteiger partial charge in [-0.15, -0.1) is 22.7 Å². The molecule has 0 radical (unpaired) electrons. The Balaban J connectivity index is 1.52. The van der Waals surface area contributed by atoms with Crippen molar-refractivity contribution < 1.29 is 5.11 Å². The Morgan fingerprint density at radius 2 is 1.96 bits per heavy atom. The van der Waals surface area contributed by atoms with Crippen LogP contribution in [0.4, 0.5) is 0 Å². The molecule has 1 saturated carbocycles. The van der Waals surface area contributed by atoms with Crippen LogP contribution in [-0.4, -0.2) is 14.5 Å². The van der Waals surface area contributed by atoms with Crippen molar-refractivity contribution >= 4 is 27.5 Å². The van der Waals surface area contributed by atoms with Gasteiger partial charge in [-0.3, -0.25) is 4.40 Å². The Bertz CT molecular complexity index is 1130. The summed E-state index contributed by atoms with van der Waals surface area (Å²) in [6.07, 6.45) is 5.43. The SMILES string of the molecule is N#Cc1ccc(-c2ccc(C(O)c3c(C4CC4)sc4cncn34)s2)cc1. The molecule has 1 aliphatic carbocycles. The maximum atomic E-state index is 11.1. The summed E-state index contributed by atoms with van der Waals surface area (Å²) in [5.41, 5.74) is 2.69. The van der Waals surface area contributed by atoms with Gasteiger partial charge in [0.15, 0.2) is 0 Å². The maximum absolute atomic E-state index is 11.1. The second kappa shape index (κ2) is 6.06. The number of rotatable bonds is 4. The van der Waals surface area contributed by atoms with Crippen molar-refractivity contribution in [3.63, 3.8) is 0 Å². The molecule has 26 heavy (non-hydrogen) atoms. The van der Waals surface area contributed by atoms with Crippen LogP contribution >= 0.6 is 22.7 Å². The molecule has 4 aromatic rings. The van der Waals surface area contributed by atoms with Crippen LogP contribution in [0.2, 0.25) is 0 Å². The number of thiazole rings is 1. The number of nitriles is 1. The second-order valence-corrected chi connectivity index (χ2v) is 8.70. The van der Waals surface area contributed by atoms with Gasteiger partial charge in [0, 0.05) is 14.6 Å². The highest BCUT2D eigenvalue weighted by Crippen LogP contribution is 2.48. The van der Waals surface area contributed by atoms with Gasteiger partial charge in [-0.05, 0) is 48.6 Å². The van der Waals surface area contributed by atoms with Gasteiger partial charge in [-0.2, -0.15) is 5.26 Å². The van der Waals surface area contributed by atoms with Crippen molar-refractivity contribution in [2.24, 2.45) is 0 Å². The average Bonchev–Trinajstić information content (AvgIpc) is 3.09. The number of nitrogens with zero attached hydrogens (tertiary/aromatic N) is 3. The fourth-order valence-electron chi connectivity index (χ4n) is 3.23. The number of hydrogen-bond donors (Lipinski definition) is 1. The number of fused-ring (bicyclic) bond motifs is 1. The first kappa shape index (κ1) is 15.8. The van der Waals surface area contributed by atoms with Gasteiger partial charge < -0.3 is 5.11 Å². The minimum Gasteiger partial charge on any atom is -0.381 e. The summed E-state index contributed by atoms with van der Waals surface area (Å²) in [7, 11) is 0. The van der Waals surface area contributed by atoms with Crippen molar-refractivity contribution in [1.29, 1.82) is 5.26 Å². The van der Waals surface area contributed by atoms with E-state index >= 15 is 0 Å². The van der Waals surface area contributed by atoms with E-state index in [4.69, 9.17) is 5.26 Å². The fourth-order valence-corrected chi connectivity index (χ4v) is 5.53. The molecule has 3 heterocycles. The molecule has 1 N–H and O–H groups in total. The Morgan fingerprint density at radius 1 is 1.15 bits per heavy atom. The van der Waals surface area contributed by atoms with E-state index in [1.165, 1.54) is 17.7 Å². The third kappa shape index (κ3) is 2.56. The molecule has 1 unspecified atom stereocenters. The molecule has 3 aromatic heterocycles. The lowest BCUT2D eigenvalue weighted by atomic mass is 10.1. The van der Waals surface area contributed by atoms with E-state index in [9.17, 15) is 5.11 Å². The Kier molecular flexibility index (Phi) is 3.68. The predicted molar refractivity (Wildman–Crippen MR) is 104 cm³/mol. The van der Waals surface area contributed by atoms with E-state index < -0.39 is 6.10 Å². The van der Waals surface area contributed by atoms with Gasteiger partial charge in [0.1, 0.15) is 17.3 Å². The standard InChI is InChI=1S/C20H15N3OS2/c21-9-12-1-3-13(4-2-12)15-7-8-16(25-15)19(24)18-20(14-5-6-14)26-17-10-22-11-23(17)18/h1-4,7-8,10-11,14,19,24H,5-6H2. The van der Waals surface area contributed by atoms with Crippen LogP contribution in [0.15, 0.2) is 48.9 Å². The van der Waals surface area contributed by atoms with E-state index in [0.29, 0.717) is 11.5 Å². The van der Waals surface area contributed by atoms with Crippen molar-refractivity contribution in [2.75, 3.05) is 0 Å². The largest absolute Gasteiger partial charge is 0.381 e. The number of hydrogen-bond acceptors (Lipinski definition) is 5. The third-order valence-corrected chi connectivity index (χ3v) is 7.19. The first-order chi connectivity index (χ1) is 12.7. The quantitative estimate of drug-likeness (QED) is 0.547. The van der Waals surface area contributed by atoms with E-state index in [1.807, 2.05) is 47.0 Å². The van der Waals surface area contributed by atoms with Crippen molar-refractivity contribution in [2.45, 2.75) is 24.9 Å². The molecule has 5 rings (SSSR count). The molecule has 1 aromatic carbocycles. The minimum absolute atomic E-state index is 0.586. The first-order valence-electron chi connectivity index (χ1n) is 8.47. The van der Waals surface area contributed by atoms with Crippen molar-refractivity contribution in [3.05, 3.63) is 69.9 Å². The summed E-state index contributed by atoms with van der Waals surface area (Å²) in [5.74, 6) is 0.586. The van der Waals surface area contributed by atoms with Crippen LogP contribution in [0.3, 0.4) is 0 Å². The van der Waals surface area contributed by atoms with E-state index in [-0.39, 0.29) is 0 Å². The lowest BCUT2D eigenvalue weighted by molar-refractivity contribution is 0.217. The number of aliphatic hydroxyl groups excluding tert-OH is 1. The fraction of sp³-hybridized carbons (Fsp3) is 0.200. The van der Waals surface area contributed by atoms with Gasteiger partial charge >= 0.3 is 0 Å². The van der Waals surface area contributed by atoms with Crippen LogP contribution in [0.1, 0.15) is 45.9 Å². The molecule has 0 spiro atoms. The Hall–Kier alpha value is -2.46. The summed E-state index contributed by atoms with van der Waals surface area (Å²) < 4.78 is 2.03. The summed E-state index contributed by atoms with van der Waals surface area (Å²) in [6, 6.07) is 13.7. The van der Waals surface area contributed by atoms with Crippen LogP contribution in [0, 0.1) is 11.3 Å². The maximum Gasteiger partial charge on any atom is 0.130 e. The number of thiophene rings is 1. The summed E-state index contributed by atoms with van der Waals surface area (Å²) in [6.45, 7) is 0. The zero-order chi connectivity index (χ0) is 17.7. The Morgan fingerprint density at radius 3 is 2.69 bits per heavy atom. The third-order valence-electron chi connectivity index (χ3n) is 4.73. The molecule has 0 aliphatic heterocycles. The Labute approximate surface area is 158 Å². The van der Waals surface area contributed by atoms with Crippen LogP contribution in [0.5, 0.6) is 0 Å². The van der Waals surface area contributed by atoms with Gasteiger partial charge in [0.25, 0.3) is 0 Å². The average molecular weight is 377 g/mol. The molecule has 1 fully saturated rings. The highest BCUT2D eigenvalue weighted by molar-refractivity contribution is 7.17. The molecule has 4 nitrogen and oxygen atoms in total. The lowest BCUT2D eigenvalue weighted by Crippen LogP contribution is -2.03. The van der Waals surface area contributed by atoms with Gasteiger partial charge in [-0.1, -0.05) is 12.1 Å². The molecule has 0 amide bonds. The van der Waals surface area contributed by atoms with Gasteiger partial charge in [0.2, 0.25) is 0 Å². The number of benzene rings is 1. The smallest absolute Gasteiger partial charge is 0.130 e. The minimum atomic E-state index is -0.648. The molecule has 1 atom stereocenters.